The second-order valence-electron chi connectivity index (χ2n) is 8.38. The van der Waals surface area contributed by atoms with E-state index < -0.39 is 0 Å². The van der Waals surface area contributed by atoms with Crippen molar-refractivity contribution < 1.29 is 0 Å². The van der Waals surface area contributed by atoms with Gasteiger partial charge in [0.05, 0.1) is 0 Å². The van der Waals surface area contributed by atoms with E-state index in [1.54, 1.807) is 0 Å². The normalized spacial score (nSPS) is 11.1. The lowest BCUT2D eigenvalue weighted by atomic mass is 9.98. The molecule has 0 unspecified atom stereocenters. The maximum atomic E-state index is 4.73. The maximum Gasteiger partial charge on any atom is 0.101 e. The first-order chi connectivity index (χ1) is 16.1. The van der Waals surface area contributed by atoms with Crippen molar-refractivity contribution in [3.63, 3.8) is 0 Å². The second-order valence-corrected chi connectivity index (χ2v) is 8.38. The van der Waals surface area contributed by atoms with Gasteiger partial charge in [-0.3, -0.25) is 0 Å². The molecule has 4 rings (SSSR count). The number of benzene rings is 3. The average molecular weight is 439 g/mol. The van der Waals surface area contributed by atoms with Crippen LogP contribution in [0.4, 0.5) is 11.4 Å². The van der Waals surface area contributed by atoms with Crippen LogP contribution in [-0.4, -0.2) is 36.4 Å². The Bertz CT molecular complexity index is 1210. The van der Waals surface area contributed by atoms with E-state index in [1.807, 2.05) is 0 Å². The summed E-state index contributed by atoms with van der Waals surface area (Å²) in [5.74, 6) is 0. The lowest BCUT2D eigenvalue weighted by molar-refractivity contribution is 0.866. The van der Waals surface area contributed by atoms with Gasteiger partial charge in [0.15, 0.2) is 0 Å². The number of aryl methyl sites for hydroxylation is 1. The van der Waals surface area contributed by atoms with Crippen LogP contribution in [0.3, 0.4) is 0 Å². The molecule has 0 spiro atoms. The fourth-order valence-corrected chi connectivity index (χ4v) is 4.53. The van der Waals surface area contributed by atoms with E-state index in [2.05, 4.69) is 111 Å². The van der Waals surface area contributed by atoms with Crippen molar-refractivity contribution in [2.24, 2.45) is 0 Å². The zero-order valence-corrected chi connectivity index (χ0v) is 20.5. The lowest BCUT2D eigenvalue weighted by Crippen LogP contribution is -2.21. The highest BCUT2D eigenvalue weighted by Crippen LogP contribution is 2.34. The highest BCUT2D eigenvalue weighted by Gasteiger charge is 2.14. The molecule has 0 aliphatic rings. The van der Waals surface area contributed by atoms with Crippen molar-refractivity contribution in [1.29, 1.82) is 0 Å². The summed E-state index contributed by atoms with van der Waals surface area (Å²) in [6.45, 7) is 14.9. The first kappa shape index (κ1) is 22.8. The molecule has 4 aromatic rings. The summed E-state index contributed by atoms with van der Waals surface area (Å²) in [6.07, 6.45) is 0. The Morgan fingerprint density at radius 2 is 0.970 bits per heavy atom. The van der Waals surface area contributed by atoms with E-state index in [0.29, 0.717) is 0 Å². The van der Waals surface area contributed by atoms with Gasteiger partial charge in [-0.1, -0.05) is 42.0 Å². The predicted molar refractivity (Wildman–Crippen MR) is 142 cm³/mol. The SMILES string of the molecule is CCN(CC)c1ccc(-c2nnc(-c3ccc(N(CC)CC)cc3)c3cc(C)ccc23)cc1. The van der Waals surface area contributed by atoms with Crippen molar-refractivity contribution >= 4 is 22.1 Å². The summed E-state index contributed by atoms with van der Waals surface area (Å²) >= 11 is 0. The summed E-state index contributed by atoms with van der Waals surface area (Å²) in [7, 11) is 0. The lowest BCUT2D eigenvalue weighted by Gasteiger charge is -2.21. The molecular weight excluding hydrogens is 404 g/mol. The summed E-state index contributed by atoms with van der Waals surface area (Å²) in [6, 6.07) is 24.0. The first-order valence-electron chi connectivity index (χ1n) is 12.1. The van der Waals surface area contributed by atoms with Gasteiger partial charge in [0, 0.05) is 59.5 Å². The van der Waals surface area contributed by atoms with Crippen molar-refractivity contribution in [2.45, 2.75) is 34.6 Å². The fraction of sp³-hybridized carbons (Fsp3) is 0.310. The van der Waals surface area contributed by atoms with Crippen LogP contribution in [0.25, 0.3) is 33.3 Å². The van der Waals surface area contributed by atoms with E-state index in [-0.39, 0.29) is 0 Å². The number of rotatable bonds is 8. The van der Waals surface area contributed by atoms with Crippen LogP contribution in [0.15, 0.2) is 66.7 Å². The number of fused-ring (bicyclic) bond motifs is 1. The van der Waals surface area contributed by atoms with E-state index >= 15 is 0 Å². The van der Waals surface area contributed by atoms with Gasteiger partial charge in [0.25, 0.3) is 0 Å². The molecule has 1 heterocycles. The number of nitrogens with zero attached hydrogens (tertiary/aromatic N) is 4. The van der Waals surface area contributed by atoms with Gasteiger partial charge in [-0.2, -0.15) is 0 Å². The highest BCUT2D eigenvalue weighted by molar-refractivity contribution is 6.02. The molecule has 170 valence electrons. The summed E-state index contributed by atoms with van der Waals surface area (Å²) in [5.41, 5.74) is 7.75. The van der Waals surface area contributed by atoms with Crippen molar-refractivity contribution in [3.05, 3.63) is 72.3 Å². The Kier molecular flexibility index (Phi) is 6.93. The number of aromatic nitrogens is 2. The Labute approximate surface area is 197 Å². The van der Waals surface area contributed by atoms with Crippen LogP contribution in [0.2, 0.25) is 0 Å². The molecule has 0 amide bonds. The molecule has 0 fully saturated rings. The molecule has 0 bridgehead atoms. The van der Waals surface area contributed by atoms with Crippen molar-refractivity contribution in [2.75, 3.05) is 36.0 Å². The molecule has 0 saturated carbocycles. The summed E-state index contributed by atoms with van der Waals surface area (Å²) in [5, 5.41) is 11.7. The van der Waals surface area contributed by atoms with Gasteiger partial charge < -0.3 is 9.80 Å². The Balaban J connectivity index is 1.78. The highest BCUT2D eigenvalue weighted by atomic mass is 15.1. The van der Waals surface area contributed by atoms with Crippen LogP contribution >= 0.6 is 0 Å². The molecule has 0 radical (unpaired) electrons. The van der Waals surface area contributed by atoms with Gasteiger partial charge in [-0.05, 0) is 65.0 Å². The monoisotopic (exact) mass is 438 g/mol. The summed E-state index contributed by atoms with van der Waals surface area (Å²) < 4.78 is 0. The molecule has 4 heteroatoms. The van der Waals surface area contributed by atoms with Gasteiger partial charge in [-0.15, -0.1) is 10.2 Å². The zero-order chi connectivity index (χ0) is 23.4. The van der Waals surface area contributed by atoms with E-state index in [9.17, 15) is 0 Å². The molecule has 3 aromatic carbocycles. The zero-order valence-electron chi connectivity index (χ0n) is 20.5. The van der Waals surface area contributed by atoms with Gasteiger partial charge >= 0.3 is 0 Å². The Morgan fingerprint density at radius 3 is 1.39 bits per heavy atom. The molecule has 0 aliphatic heterocycles. The van der Waals surface area contributed by atoms with Crippen LogP contribution in [0.5, 0.6) is 0 Å². The molecule has 0 atom stereocenters. The molecular formula is C29H34N4. The third-order valence-electron chi connectivity index (χ3n) is 6.47. The van der Waals surface area contributed by atoms with Crippen LogP contribution in [0.1, 0.15) is 33.3 Å². The standard InChI is InChI=1S/C29H34N4/c1-6-32(7-2)24-15-11-22(12-16-24)28-26-19-10-21(5)20-27(26)29(31-30-28)23-13-17-25(18-14-23)33(8-3)9-4/h10-20H,6-9H2,1-5H3. The fourth-order valence-electron chi connectivity index (χ4n) is 4.53. The predicted octanol–water partition coefficient (Wildman–Crippen LogP) is 6.96. The average Bonchev–Trinajstić information content (AvgIpc) is 2.86. The van der Waals surface area contributed by atoms with E-state index in [0.717, 1.165) is 59.5 Å². The van der Waals surface area contributed by atoms with Crippen molar-refractivity contribution in [1.82, 2.24) is 10.2 Å². The third-order valence-corrected chi connectivity index (χ3v) is 6.47. The topological polar surface area (TPSA) is 32.3 Å². The minimum absolute atomic E-state index is 0.930. The van der Waals surface area contributed by atoms with Crippen LogP contribution < -0.4 is 9.80 Å². The number of anilines is 2. The van der Waals surface area contributed by atoms with Crippen molar-refractivity contribution in [3.8, 4) is 22.5 Å². The molecule has 1 aromatic heterocycles. The second kappa shape index (κ2) is 10.0. The minimum Gasteiger partial charge on any atom is -0.372 e. The first-order valence-corrected chi connectivity index (χ1v) is 12.1. The molecule has 0 N–H and O–H groups in total. The molecule has 33 heavy (non-hydrogen) atoms. The van der Waals surface area contributed by atoms with Gasteiger partial charge in [0.2, 0.25) is 0 Å². The third kappa shape index (κ3) is 4.56. The molecule has 0 aliphatic carbocycles. The van der Waals surface area contributed by atoms with E-state index in [4.69, 9.17) is 10.2 Å². The summed E-state index contributed by atoms with van der Waals surface area (Å²) in [4.78, 5) is 4.70. The number of hydrogen-bond donors (Lipinski definition) is 0. The Morgan fingerprint density at radius 1 is 0.545 bits per heavy atom. The quantitative estimate of drug-likeness (QED) is 0.297. The maximum absolute atomic E-state index is 4.73. The van der Waals surface area contributed by atoms with Gasteiger partial charge in [-0.25, -0.2) is 0 Å². The Hall–Kier alpha value is -3.40. The van der Waals surface area contributed by atoms with Crippen LogP contribution in [0, 0.1) is 6.92 Å². The number of hydrogen-bond acceptors (Lipinski definition) is 4. The molecule has 0 saturated heterocycles. The minimum atomic E-state index is 0.930. The largest absolute Gasteiger partial charge is 0.372 e. The van der Waals surface area contributed by atoms with E-state index in [1.165, 1.54) is 16.9 Å². The smallest absolute Gasteiger partial charge is 0.101 e. The molecule has 4 nitrogen and oxygen atoms in total. The van der Waals surface area contributed by atoms with Gasteiger partial charge in [0.1, 0.15) is 11.4 Å². The van der Waals surface area contributed by atoms with Crippen LogP contribution in [-0.2, 0) is 0 Å².